The summed E-state index contributed by atoms with van der Waals surface area (Å²) in [7, 11) is 0. The fourth-order valence-electron chi connectivity index (χ4n) is 1.83. The fraction of sp³-hybridized carbons (Fsp3) is 0. The van der Waals surface area contributed by atoms with Gasteiger partial charge in [-0.15, -0.1) is 0 Å². The zero-order valence-corrected chi connectivity index (χ0v) is 10.1. The SMILES string of the molecule is N#Cc1ccc(-n2cc(-c3ccccc3)cn2)cn1. The van der Waals surface area contributed by atoms with Crippen molar-refractivity contribution >= 4 is 0 Å². The van der Waals surface area contributed by atoms with Gasteiger partial charge in [0.15, 0.2) is 0 Å². The lowest BCUT2D eigenvalue weighted by Crippen LogP contribution is -1.95. The Balaban J connectivity index is 1.95. The van der Waals surface area contributed by atoms with E-state index in [1.165, 1.54) is 0 Å². The largest absolute Gasteiger partial charge is 0.243 e. The van der Waals surface area contributed by atoms with Crippen molar-refractivity contribution in [1.82, 2.24) is 14.8 Å². The van der Waals surface area contributed by atoms with E-state index in [4.69, 9.17) is 5.26 Å². The van der Waals surface area contributed by atoms with E-state index in [0.29, 0.717) is 5.69 Å². The van der Waals surface area contributed by atoms with E-state index in [9.17, 15) is 0 Å². The van der Waals surface area contributed by atoms with Gasteiger partial charge in [0.05, 0.1) is 18.1 Å². The molecular formula is C15H10N4. The molecule has 0 radical (unpaired) electrons. The normalized spacial score (nSPS) is 10.1. The second kappa shape index (κ2) is 4.75. The number of nitriles is 1. The maximum Gasteiger partial charge on any atom is 0.140 e. The molecule has 19 heavy (non-hydrogen) atoms. The van der Waals surface area contributed by atoms with Crippen LogP contribution in [-0.2, 0) is 0 Å². The molecule has 0 aliphatic rings. The molecule has 0 fully saturated rings. The summed E-state index contributed by atoms with van der Waals surface area (Å²) in [5.41, 5.74) is 3.40. The highest BCUT2D eigenvalue weighted by atomic mass is 15.3. The lowest BCUT2D eigenvalue weighted by Gasteiger charge is -1.99. The molecule has 1 aromatic carbocycles. The van der Waals surface area contributed by atoms with Gasteiger partial charge in [0, 0.05) is 11.8 Å². The first-order chi connectivity index (χ1) is 9.36. The van der Waals surface area contributed by atoms with E-state index in [1.54, 1.807) is 16.9 Å². The molecule has 3 rings (SSSR count). The van der Waals surface area contributed by atoms with Crippen LogP contribution in [0, 0.1) is 11.3 Å². The van der Waals surface area contributed by atoms with Gasteiger partial charge in [-0.2, -0.15) is 10.4 Å². The van der Waals surface area contributed by atoms with Crippen LogP contribution in [0.15, 0.2) is 61.1 Å². The van der Waals surface area contributed by atoms with Crippen LogP contribution in [0.2, 0.25) is 0 Å². The van der Waals surface area contributed by atoms with Gasteiger partial charge in [-0.3, -0.25) is 0 Å². The summed E-state index contributed by atoms with van der Waals surface area (Å²) in [6, 6.07) is 15.6. The molecular weight excluding hydrogens is 236 g/mol. The van der Waals surface area contributed by atoms with Crippen molar-refractivity contribution in [2.75, 3.05) is 0 Å². The number of pyridine rings is 1. The number of benzene rings is 1. The van der Waals surface area contributed by atoms with Crippen molar-refractivity contribution in [3.05, 3.63) is 66.7 Å². The van der Waals surface area contributed by atoms with Crippen molar-refractivity contribution in [3.8, 4) is 22.9 Å². The zero-order chi connectivity index (χ0) is 13.1. The lowest BCUT2D eigenvalue weighted by atomic mass is 10.1. The molecule has 0 saturated carbocycles. The Morgan fingerprint density at radius 2 is 1.79 bits per heavy atom. The van der Waals surface area contributed by atoms with Crippen molar-refractivity contribution in [3.63, 3.8) is 0 Å². The Morgan fingerprint density at radius 1 is 0.947 bits per heavy atom. The van der Waals surface area contributed by atoms with Gasteiger partial charge in [-0.1, -0.05) is 30.3 Å². The third kappa shape index (κ3) is 2.22. The highest BCUT2D eigenvalue weighted by Gasteiger charge is 2.03. The molecule has 0 saturated heterocycles. The van der Waals surface area contributed by atoms with E-state index in [0.717, 1.165) is 16.8 Å². The Bertz CT molecular complexity index is 721. The Hall–Kier alpha value is -2.93. The number of hydrogen-bond donors (Lipinski definition) is 0. The van der Waals surface area contributed by atoms with Gasteiger partial charge < -0.3 is 0 Å². The summed E-state index contributed by atoms with van der Waals surface area (Å²) in [6.07, 6.45) is 5.40. The quantitative estimate of drug-likeness (QED) is 0.698. The van der Waals surface area contributed by atoms with Gasteiger partial charge in [-0.25, -0.2) is 9.67 Å². The van der Waals surface area contributed by atoms with Crippen LogP contribution in [-0.4, -0.2) is 14.8 Å². The minimum absolute atomic E-state index is 0.402. The molecule has 2 aromatic heterocycles. The average Bonchev–Trinajstić information content (AvgIpc) is 2.98. The molecule has 4 heteroatoms. The minimum atomic E-state index is 0.402. The highest BCUT2D eigenvalue weighted by Crippen LogP contribution is 2.19. The summed E-state index contributed by atoms with van der Waals surface area (Å²) in [5.74, 6) is 0. The van der Waals surface area contributed by atoms with Gasteiger partial charge in [-0.05, 0) is 17.7 Å². The summed E-state index contributed by atoms with van der Waals surface area (Å²) >= 11 is 0. The lowest BCUT2D eigenvalue weighted by molar-refractivity contribution is 0.873. The van der Waals surface area contributed by atoms with E-state index in [1.807, 2.05) is 54.9 Å². The molecule has 3 aromatic rings. The van der Waals surface area contributed by atoms with Crippen molar-refractivity contribution in [2.45, 2.75) is 0 Å². The molecule has 90 valence electrons. The molecule has 0 N–H and O–H groups in total. The first-order valence-corrected chi connectivity index (χ1v) is 5.83. The summed E-state index contributed by atoms with van der Waals surface area (Å²) in [4.78, 5) is 4.03. The molecule has 4 nitrogen and oxygen atoms in total. The third-order valence-corrected chi connectivity index (χ3v) is 2.82. The van der Waals surface area contributed by atoms with Gasteiger partial charge in [0.1, 0.15) is 11.8 Å². The van der Waals surface area contributed by atoms with Crippen LogP contribution in [0.3, 0.4) is 0 Å². The van der Waals surface area contributed by atoms with Crippen LogP contribution >= 0.6 is 0 Å². The fourth-order valence-corrected chi connectivity index (χ4v) is 1.83. The molecule has 0 bridgehead atoms. The second-order valence-electron chi connectivity index (χ2n) is 4.05. The standard InChI is InChI=1S/C15H10N4/c16-8-14-6-7-15(10-17-14)19-11-13(9-18-19)12-4-2-1-3-5-12/h1-7,9-11H. The molecule has 0 unspecified atom stereocenters. The monoisotopic (exact) mass is 246 g/mol. The maximum absolute atomic E-state index is 8.72. The van der Waals surface area contributed by atoms with Crippen LogP contribution in [0.4, 0.5) is 0 Å². The van der Waals surface area contributed by atoms with Gasteiger partial charge in [0.2, 0.25) is 0 Å². The Kier molecular flexibility index (Phi) is 2.79. The summed E-state index contributed by atoms with van der Waals surface area (Å²) in [6.45, 7) is 0. The number of aromatic nitrogens is 3. The summed E-state index contributed by atoms with van der Waals surface area (Å²) in [5, 5.41) is 13.0. The molecule has 2 heterocycles. The predicted molar refractivity (Wildman–Crippen MR) is 71.5 cm³/mol. The van der Waals surface area contributed by atoms with Gasteiger partial charge in [0.25, 0.3) is 0 Å². The molecule has 0 amide bonds. The molecule has 0 atom stereocenters. The smallest absolute Gasteiger partial charge is 0.140 e. The van der Waals surface area contributed by atoms with Crippen LogP contribution in [0.25, 0.3) is 16.8 Å². The minimum Gasteiger partial charge on any atom is -0.243 e. The number of rotatable bonds is 2. The van der Waals surface area contributed by atoms with Crippen LogP contribution in [0.1, 0.15) is 5.69 Å². The number of nitrogens with zero attached hydrogens (tertiary/aromatic N) is 4. The first kappa shape index (κ1) is 11.2. The first-order valence-electron chi connectivity index (χ1n) is 5.83. The van der Waals surface area contributed by atoms with E-state index < -0.39 is 0 Å². The highest BCUT2D eigenvalue weighted by molar-refractivity contribution is 5.61. The topological polar surface area (TPSA) is 54.5 Å². The Morgan fingerprint density at radius 3 is 2.47 bits per heavy atom. The Labute approximate surface area is 110 Å². The van der Waals surface area contributed by atoms with E-state index >= 15 is 0 Å². The molecule has 0 aliphatic carbocycles. The van der Waals surface area contributed by atoms with Crippen molar-refractivity contribution in [2.24, 2.45) is 0 Å². The van der Waals surface area contributed by atoms with Crippen molar-refractivity contribution < 1.29 is 0 Å². The maximum atomic E-state index is 8.72. The van der Waals surface area contributed by atoms with Gasteiger partial charge >= 0.3 is 0 Å². The van der Waals surface area contributed by atoms with Crippen LogP contribution in [0.5, 0.6) is 0 Å². The zero-order valence-electron chi connectivity index (χ0n) is 10.1. The van der Waals surface area contributed by atoms with Crippen molar-refractivity contribution in [1.29, 1.82) is 5.26 Å². The van der Waals surface area contributed by atoms with Crippen LogP contribution < -0.4 is 0 Å². The van der Waals surface area contributed by atoms with E-state index in [-0.39, 0.29) is 0 Å². The third-order valence-electron chi connectivity index (χ3n) is 2.82. The predicted octanol–water partition coefficient (Wildman–Crippen LogP) is 2.81. The second-order valence-corrected chi connectivity index (χ2v) is 4.05. The summed E-state index contributed by atoms with van der Waals surface area (Å²) < 4.78 is 1.75. The average molecular weight is 246 g/mol. The number of hydrogen-bond acceptors (Lipinski definition) is 3. The molecule has 0 aliphatic heterocycles. The molecule has 0 spiro atoms. The van der Waals surface area contributed by atoms with E-state index in [2.05, 4.69) is 10.1 Å².